The van der Waals surface area contributed by atoms with Crippen LogP contribution in [-0.4, -0.2) is 75.2 Å². The van der Waals surface area contributed by atoms with E-state index in [9.17, 15) is 8.42 Å². The molecule has 21 heavy (non-hydrogen) atoms. The van der Waals surface area contributed by atoms with E-state index < -0.39 is 9.84 Å². The van der Waals surface area contributed by atoms with Gasteiger partial charge in [0.05, 0.1) is 18.1 Å². The molecule has 0 radical (unpaired) electrons. The molecule has 7 heteroatoms. The largest absolute Gasteiger partial charge is 0.383 e. The molecule has 5 nitrogen and oxygen atoms in total. The summed E-state index contributed by atoms with van der Waals surface area (Å²) in [6.07, 6.45) is 0. The van der Waals surface area contributed by atoms with Gasteiger partial charge >= 0.3 is 0 Å². The number of nitrogens with zero attached hydrogens (tertiary/aromatic N) is 2. The molecule has 3 rings (SSSR count). The van der Waals surface area contributed by atoms with Crippen LogP contribution in [0.2, 0.25) is 0 Å². The molecule has 0 saturated carbocycles. The quantitative estimate of drug-likeness (QED) is 0.795. The summed E-state index contributed by atoms with van der Waals surface area (Å²) < 4.78 is 29.3. The molecule has 2 aliphatic rings. The Hall–Kier alpha value is -0.470. The van der Waals surface area contributed by atoms with E-state index in [0.29, 0.717) is 18.1 Å². The molecule has 0 unspecified atom stereocenters. The standard InChI is InChI=1S/C14H22N2O3S2/c1-19-6-5-15-3-4-16(8-12-2-7-20-9-12)14-11-21(17,18)10-13(14)15/h2,7,9,13-14H,3-6,8,10-11H2,1H3/t13-,14+/m0/s1. The summed E-state index contributed by atoms with van der Waals surface area (Å²) in [5, 5.41) is 4.23. The molecule has 0 amide bonds. The SMILES string of the molecule is COCCN1CCN(Cc2ccsc2)[C@@H]2CS(=O)(=O)C[C@@H]21. The van der Waals surface area contributed by atoms with Crippen LogP contribution in [0.4, 0.5) is 0 Å². The molecule has 2 aliphatic heterocycles. The van der Waals surface area contributed by atoms with Gasteiger partial charge in [-0.15, -0.1) is 0 Å². The summed E-state index contributed by atoms with van der Waals surface area (Å²) in [6, 6.07) is 2.37. The number of thiophene rings is 1. The number of sulfone groups is 1. The van der Waals surface area contributed by atoms with Crippen molar-refractivity contribution in [2.45, 2.75) is 18.6 Å². The summed E-state index contributed by atoms with van der Waals surface area (Å²) in [5.74, 6) is 0.590. The van der Waals surface area contributed by atoms with Crippen molar-refractivity contribution in [1.29, 1.82) is 0 Å². The normalized spacial score (nSPS) is 29.6. The summed E-state index contributed by atoms with van der Waals surface area (Å²) in [5.41, 5.74) is 1.29. The highest BCUT2D eigenvalue weighted by Gasteiger charge is 2.46. The van der Waals surface area contributed by atoms with E-state index in [-0.39, 0.29) is 12.1 Å². The van der Waals surface area contributed by atoms with Crippen LogP contribution in [0, 0.1) is 0 Å². The van der Waals surface area contributed by atoms with Gasteiger partial charge < -0.3 is 4.74 Å². The topological polar surface area (TPSA) is 49.9 Å². The zero-order chi connectivity index (χ0) is 14.9. The van der Waals surface area contributed by atoms with Gasteiger partial charge in [-0.2, -0.15) is 11.3 Å². The minimum Gasteiger partial charge on any atom is -0.383 e. The van der Waals surface area contributed by atoms with E-state index in [1.807, 2.05) is 0 Å². The first-order chi connectivity index (χ1) is 10.1. The summed E-state index contributed by atoms with van der Waals surface area (Å²) >= 11 is 1.69. The van der Waals surface area contributed by atoms with E-state index in [1.54, 1.807) is 18.4 Å². The van der Waals surface area contributed by atoms with Crippen molar-refractivity contribution in [3.05, 3.63) is 22.4 Å². The lowest BCUT2D eigenvalue weighted by molar-refractivity contribution is 0.0253. The van der Waals surface area contributed by atoms with E-state index in [4.69, 9.17) is 4.74 Å². The van der Waals surface area contributed by atoms with E-state index in [0.717, 1.165) is 26.2 Å². The fourth-order valence-electron chi connectivity index (χ4n) is 3.40. The summed E-state index contributed by atoms with van der Waals surface area (Å²) in [7, 11) is -1.23. The maximum absolute atomic E-state index is 12.1. The van der Waals surface area contributed by atoms with Gasteiger partial charge in [-0.25, -0.2) is 8.42 Å². The van der Waals surface area contributed by atoms with Crippen molar-refractivity contribution in [3.8, 4) is 0 Å². The number of fused-ring (bicyclic) bond motifs is 1. The monoisotopic (exact) mass is 330 g/mol. The second-order valence-corrected chi connectivity index (χ2v) is 8.78. The first-order valence-corrected chi connectivity index (χ1v) is 10.0. The van der Waals surface area contributed by atoms with E-state index >= 15 is 0 Å². The average molecular weight is 330 g/mol. The Labute approximate surface area is 130 Å². The van der Waals surface area contributed by atoms with Crippen molar-refractivity contribution in [1.82, 2.24) is 9.80 Å². The molecular formula is C14H22N2O3S2. The van der Waals surface area contributed by atoms with Crippen LogP contribution in [0.25, 0.3) is 0 Å². The van der Waals surface area contributed by atoms with Crippen molar-refractivity contribution < 1.29 is 13.2 Å². The van der Waals surface area contributed by atoms with Crippen LogP contribution in [0.15, 0.2) is 16.8 Å². The van der Waals surface area contributed by atoms with Gasteiger partial charge in [0.2, 0.25) is 0 Å². The zero-order valence-electron chi connectivity index (χ0n) is 12.3. The molecule has 3 heterocycles. The predicted molar refractivity (Wildman–Crippen MR) is 84.4 cm³/mol. The van der Waals surface area contributed by atoms with Gasteiger partial charge in [-0.1, -0.05) is 0 Å². The highest BCUT2D eigenvalue weighted by Crippen LogP contribution is 2.28. The molecular weight excluding hydrogens is 308 g/mol. The Bertz CT molecular complexity index is 559. The Morgan fingerprint density at radius 3 is 2.67 bits per heavy atom. The predicted octanol–water partition coefficient (Wildman–Crippen LogP) is 0.678. The van der Waals surface area contributed by atoms with Crippen molar-refractivity contribution >= 4 is 21.2 Å². The molecule has 1 aromatic rings. The van der Waals surface area contributed by atoms with Crippen LogP contribution >= 0.6 is 11.3 Å². The Morgan fingerprint density at radius 2 is 2.00 bits per heavy atom. The van der Waals surface area contributed by atoms with Crippen LogP contribution < -0.4 is 0 Å². The highest BCUT2D eigenvalue weighted by atomic mass is 32.2. The maximum Gasteiger partial charge on any atom is 0.153 e. The minimum atomic E-state index is -2.92. The van der Waals surface area contributed by atoms with Crippen molar-refractivity contribution in [3.63, 3.8) is 0 Å². The van der Waals surface area contributed by atoms with Gasteiger partial charge in [0.1, 0.15) is 0 Å². The first-order valence-electron chi connectivity index (χ1n) is 7.27. The number of piperazine rings is 1. The molecule has 2 saturated heterocycles. The van der Waals surface area contributed by atoms with Crippen LogP contribution in [0.1, 0.15) is 5.56 Å². The first kappa shape index (κ1) is 15.4. The van der Waals surface area contributed by atoms with Crippen molar-refractivity contribution in [2.75, 3.05) is 44.9 Å². The number of hydrogen-bond donors (Lipinski definition) is 0. The molecule has 0 aromatic carbocycles. The van der Waals surface area contributed by atoms with E-state index in [2.05, 4.69) is 26.6 Å². The smallest absolute Gasteiger partial charge is 0.153 e. The number of hydrogen-bond acceptors (Lipinski definition) is 6. The fourth-order valence-corrected chi connectivity index (χ4v) is 6.10. The van der Waals surface area contributed by atoms with Crippen LogP contribution in [0.5, 0.6) is 0 Å². The fraction of sp³-hybridized carbons (Fsp3) is 0.714. The van der Waals surface area contributed by atoms with Gasteiger partial charge in [-0.3, -0.25) is 9.80 Å². The third kappa shape index (κ3) is 3.48. The summed E-state index contributed by atoms with van der Waals surface area (Å²) in [4.78, 5) is 4.64. The lowest BCUT2D eigenvalue weighted by atomic mass is 10.0. The van der Waals surface area contributed by atoms with Gasteiger partial charge in [0.15, 0.2) is 9.84 Å². The minimum absolute atomic E-state index is 0.123. The number of ether oxygens (including phenoxy) is 1. The molecule has 0 aliphatic carbocycles. The van der Waals surface area contributed by atoms with Crippen LogP contribution in [-0.2, 0) is 21.1 Å². The van der Waals surface area contributed by atoms with Gasteiger partial charge in [0, 0.05) is 45.4 Å². The Morgan fingerprint density at radius 1 is 1.29 bits per heavy atom. The number of rotatable bonds is 5. The summed E-state index contributed by atoms with van der Waals surface area (Å²) in [6.45, 7) is 4.19. The number of methoxy groups -OCH3 is 1. The second-order valence-electron chi connectivity index (χ2n) is 5.84. The Kier molecular flexibility index (Phi) is 4.66. The lowest BCUT2D eigenvalue weighted by Crippen LogP contribution is -2.59. The van der Waals surface area contributed by atoms with Crippen LogP contribution in [0.3, 0.4) is 0 Å². The Balaban J connectivity index is 1.74. The third-order valence-corrected chi connectivity index (χ3v) is 6.89. The average Bonchev–Trinajstić information content (AvgIpc) is 3.04. The lowest BCUT2D eigenvalue weighted by Gasteiger charge is -2.43. The maximum atomic E-state index is 12.1. The third-order valence-electron chi connectivity index (χ3n) is 4.45. The molecule has 1 aromatic heterocycles. The molecule has 2 fully saturated rings. The van der Waals surface area contributed by atoms with Crippen molar-refractivity contribution in [2.24, 2.45) is 0 Å². The van der Waals surface area contributed by atoms with Gasteiger partial charge in [-0.05, 0) is 22.4 Å². The molecule has 0 spiro atoms. The zero-order valence-corrected chi connectivity index (χ0v) is 13.9. The second kappa shape index (κ2) is 6.34. The highest BCUT2D eigenvalue weighted by molar-refractivity contribution is 7.91. The molecule has 0 N–H and O–H groups in total. The molecule has 118 valence electrons. The van der Waals surface area contributed by atoms with Gasteiger partial charge in [0.25, 0.3) is 0 Å². The van der Waals surface area contributed by atoms with E-state index in [1.165, 1.54) is 5.56 Å². The molecule has 2 atom stereocenters. The molecule has 0 bridgehead atoms.